The highest BCUT2D eigenvalue weighted by Crippen LogP contribution is 2.18. The van der Waals surface area contributed by atoms with Crippen LogP contribution in [0.2, 0.25) is 0 Å². The lowest BCUT2D eigenvalue weighted by Crippen LogP contribution is -2.23. The number of ether oxygens (including phenoxy) is 1. The minimum absolute atomic E-state index is 0.0507. The van der Waals surface area contributed by atoms with E-state index in [-0.39, 0.29) is 11.6 Å². The SMILES string of the molecule is CNCc1cncc(C2=NN(Cc3cccc(C(=O)Nc4cn(C)nc4C(=O)OC)c3)CC=C2)c1. The number of hydrogen-bond acceptors (Lipinski definition) is 8. The monoisotopic (exact) mass is 473 g/mol. The molecule has 1 amide bonds. The third-order valence-electron chi connectivity index (χ3n) is 5.32. The molecule has 1 aromatic carbocycles. The highest BCUT2D eigenvalue weighted by Gasteiger charge is 2.19. The molecule has 1 aliphatic heterocycles. The van der Waals surface area contributed by atoms with Gasteiger partial charge in [0.05, 0.1) is 31.6 Å². The van der Waals surface area contributed by atoms with Crippen LogP contribution in [0.5, 0.6) is 0 Å². The van der Waals surface area contributed by atoms with Crippen LogP contribution in [-0.2, 0) is 24.9 Å². The maximum atomic E-state index is 12.9. The largest absolute Gasteiger partial charge is 0.464 e. The molecule has 0 saturated heterocycles. The third-order valence-corrected chi connectivity index (χ3v) is 5.32. The number of hydrazone groups is 1. The maximum absolute atomic E-state index is 12.9. The van der Waals surface area contributed by atoms with Gasteiger partial charge in [-0.15, -0.1) is 0 Å². The van der Waals surface area contributed by atoms with Crippen molar-refractivity contribution >= 4 is 23.3 Å². The first-order valence-corrected chi connectivity index (χ1v) is 11.1. The average molecular weight is 474 g/mol. The van der Waals surface area contributed by atoms with Crippen LogP contribution in [0.25, 0.3) is 0 Å². The van der Waals surface area contributed by atoms with Crippen LogP contribution in [-0.4, -0.2) is 58.1 Å². The number of pyridine rings is 1. The summed E-state index contributed by atoms with van der Waals surface area (Å²) in [5, 5.41) is 16.7. The van der Waals surface area contributed by atoms with Crippen LogP contribution in [0.3, 0.4) is 0 Å². The van der Waals surface area contributed by atoms with Gasteiger partial charge in [-0.3, -0.25) is 19.5 Å². The van der Waals surface area contributed by atoms with Gasteiger partial charge in [-0.05, 0) is 42.4 Å². The number of aromatic nitrogens is 3. The minimum Gasteiger partial charge on any atom is -0.464 e. The van der Waals surface area contributed by atoms with Gasteiger partial charge in [-0.1, -0.05) is 18.2 Å². The highest BCUT2D eigenvalue weighted by molar-refractivity contribution is 6.09. The van der Waals surface area contributed by atoms with Gasteiger partial charge in [0.25, 0.3) is 5.91 Å². The maximum Gasteiger partial charge on any atom is 0.360 e. The molecule has 0 fully saturated rings. The number of anilines is 1. The number of nitrogens with one attached hydrogen (secondary N) is 2. The van der Waals surface area contributed by atoms with Crippen molar-refractivity contribution in [2.24, 2.45) is 12.1 Å². The summed E-state index contributed by atoms with van der Waals surface area (Å²) in [4.78, 5) is 29.2. The van der Waals surface area contributed by atoms with Gasteiger partial charge in [0, 0.05) is 43.3 Å². The summed E-state index contributed by atoms with van der Waals surface area (Å²) < 4.78 is 6.19. The molecule has 2 aromatic heterocycles. The molecule has 35 heavy (non-hydrogen) atoms. The first kappa shape index (κ1) is 23.8. The summed E-state index contributed by atoms with van der Waals surface area (Å²) in [6.45, 7) is 1.91. The Bertz CT molecular complexity index is 1300. The Morgan fingerprint density at radius 1 is 1.17 bits per heavy atom. The topological polar surface area (TPSA) is 114 Å². The molecular formula is C25H27N7O3. The molecule has 0 aliphatic carbocycles. The molecule has 3 aromatic rings. The molecule has 0 spiro atoms. The summed E-state index contributed by atoms with van der Waals surface area (Å²) >= 11 is 0. The summed E-state index contributed by atoms with van der Waals surface area (Å²) in [5.41, 5.74) is 4.60. The molecule has 0 bridgehead atoms. The predicted molar refractivity (Wildman–Crippen MR) is 132 cm³/mol. The number of benzene rings is 1. The molecule has 0 atom stereocenters. The first-order valence-electron chi connectivity index (χ1n) is 11.1. The van der Waals surface area contributed by atoms with Gasteiger partial charge < -0.3 is 15.4 Å². The molecule has 0 saturated carbocycles. The van der Waals surface area contributed by atoms with Crippen LogP contribution in [0, 0.1) is 0 Å². The lowest BCUT2D eigenvalue weighted by molar-refractivity contribution is 0.0594. The number of nitrogens with zero attached hydrogens (tertiary/aromatic N) is 5. The van der Waals surface area contributed by atoms with Crippen LogP contribution in [0.1, 0.15) is 37.5 Å². The standard InChI is InChI=1S/C25H27N7O3/c1-26-12-18-11-20(14-27-13-18)21-8-5-9-32(29-21)15-17-6-4-7-19(10-17)24(33)28-22-16-31(2)30-23(22)25(34)35-3/h4-8,10-11,13-14,16,26H,9,12,15H2,1-3H3,(H,28,33). The lowest BCUT2D eigenvalue weighted by Gasteiger charge is -2.22. The van der Waals surface area contributed by atoms with Crippen molar-refractivity contribution in [1.82, 2.24) is 25.1 Å². The molecule has 4 rings (SSSR count). The van der Waals surface area contributed by atoms with Crippen molar-refractivity contribution in [2.45, 2.75) is 13.1 Å². The van der Waals surface area contributed by atoms with E-state index < -0.39 is 5.97 Å². The van der Waals surface area contributed by atoms with Gasteiger partial charge >= 0.3 is 5.97 Å². The van der Waals surface area contributed by atoms with Crippen molar-refractivity contribution in [3.63, 3.8) is 0 Å². The summed E-state index contributed by atoms with van der Waals surface area (Å²) in [6.07, 6.45) is 9.25. The minimum atomic E-state index is -0.617. The van der Waals surface area contributed by atoms with E-state index in [0.717, 1.165) is 28.9 Å². The van der Waals surface area contributed by atoms with Gasteiger partial charge in [-0.2, -0.15) is 10.2 Å². The molecule has 0 unspecified atom stereocenters. The Hall–Kier alpha value is -4.31. The van der Waals surface area contributed by atoms with E-state index in [1.807, 2.05) is 42.5 Å². The fourth-order valence-electron chi connectivity index (χ4n) is 3.74. The number of hydrogen-bond donors (Lipinski definition) is 2. The van der Waals surface area contributed by atoms with Gasteiger partial charge in [-0.25, -0.2) is 4.79 Å². The predicted octanol–water partition coefficient (Wildman–Crippen LogP) is 2.35. The van der Waals surface area contributed by atoms with E-state index in [4.69, 9.17) is 9.84 Å². The van der Waals surface area contributed by atoms with E-state index in [1.54, 1.807) is 25.5 Å². The second-order valence-electron chi connectivity index (χ2n) is 8.06. The van der Waals surface area contributed by atoms with Crippen molar-refractivity contribution in [3.05, 3.63) is 89.0 Å². The summed E-state index contributed by atoms with van der Waals surface area (Å²) in [6, 6.07) is 9.37. The number of amides is 1. The highest BCUT2D eigenvalue weighted by atomic mass is 16.5. The van der Waals surface area contributed by atoms with Crippen LogP contribution < -0.4 is 10.6 Å². The van der Waals surface area contributed by atoms with Crippen molar-refractivity contribution in [2.75, 3.05) is 26.0 Å². The number of carbonyl (C=O) groups excluding carboxylic acids is 2. The molecule has 2 N–H and O–H groups in total. The van der Waals surface area contributed by atoms with E-state index in [9.17, 15) is 9.59 Å². The molecule has 3 heterocycles. The third kappa shape index (κ3) is 5.79. The van der Waals surface area contributed by atoms with Crippen LogP contribution >= 0.6 is 0 Å². The van der Waals surface area contributed by atoms with E-state index >= 15 is 0 Å². The Morgan fingerprint density at radius 3 is 2.83 bits per heavy atom. The number of esters is 1. The molecule has 10 heteroatoms. The van der Waals surface area contributed by atoms with Crippen molar-refractivity contribution in [3.8, 4) is 0 Å². The van der Waals surface area contributed by atoms with Gasteiger partial charge in [0.1, 0.15) is 0 Å². The number of allylic oxidation sites excluding steroid dienone is 1. The van der Waals surface area contributed by atoms with E-state index in [1.165, 1.54) is 11.8 Å². The summed E-state index contributed by atoms with van der Waals surface area (Å²) in [5.74, 6) is -0.965. The number of methoxy groups -OCH3 is 1. The Balaban J connectivity index is 1.48. The van der Waals surface area contributed by atoms with Gasteiger partial charge in [0.2, 0.25) is 0 Å². The quantitative estimate of drug-likeness (QED) is 0.483. The number of rotatable bonds is 8. The first-order chi connectivity index (χ1) is 17.0. The van der Waals surface area contributed by atoms with Crippen molar-refractivity contribution in [1.29, 1.82) is 0 Å². The average Bonchev–Trinajstić information content (AvgIpc) is 3.24. The smallest absolute Gasteiger partial charge is 0.360 e. The number of carbonyl (C=O) groups is 2. The second kappa shape index (κ2) is 10.7. The fourth-order valence-corrected chi connectivity index (χ4v) is 3.74. The van der Waals surface area contributed by atoms with E-state index in [2.05, 4.69) is 32.9 Å². The normalized spacial score (nSPS) is 12.9. The van der Waals surface area contributed by atoms with E-state index in [0.29, 0.717) is 24.3 Å². The molecule has 10 nitrogen and oxygen atoms in total. The van der Waals surface area contributed by atoms with Crippen LogP contribution in [0.15, 0.2) is 66.2 Å². The molecule has 0 radical (unpaired) electrons. The zero-order valence-electron chi connectivity index (χ0n) is 19.9. The molecule has 1 aliphatic rings. The zero-order chi connectivity index (χ0) is 24.8. The fraction of sp³-hybridized carbons (Fsp3) is 0.240. The van der Waals surface area contributed by atoms with Crippen LogP contribution in [0.4, 0.5) is 5.69 Å². The summed E-state index contributed by atoms with van der Waals surface area (Å²) in [7, 11) is 4.83. The van der Waals surface area contributed by atoms with Crippen molar-refractivity contribution < 1.29 is 14.3 Å². The lowest BCUT2D eigenvalue weighted by atomic mass is 10.1. The Kier molecular flexibility index (Phi) is 7.32. The number of aryl methyl sites for hydroxylation is 1. The van der Waals surface area contributed by atoms with Gasteiger partial charge in [0.15, 0.2) is 5.69 Å². The second-order valence-corrected chi connectivity index (χ2v) is 8.06. The Morgan fingerprint density at radius 2 is 2.03 bits per heavy atom. The molecule has 180 valence electrons. The Labute approximate surface area is 203 Å². The molecular weight excluding hydrogens is 446 g/mol. The zero-order valence-corrected chi connectivity index (χ0v) is 19.9.